The normalized spacial score (nSPS) is 16.1. The molecule has 0 amide bonds. The number of aryl methyl sites for hydroxylation is 2. The van der Waals surface area contributed by atoms with E-state index in [9.17, 15) is 13.2 Å². The number of nitrogens with zero attached hydrogens (tertiary/aromatic N) is 3. The van der Waals surface area contributed by atoms with Gasteiger partial charge in [-0.2, -0.15) is 18.3 Å². The molecule has 1 aromatic heterocycles. The summed E-state index contributed by atoms with van der Waals surface area (Å²) in [6.07, 6.45) is -2.67. The van der Waals surface area contributed by atoms with Crippen LogP contribution in [0.3, 0.4) is 0 Å². The maximum absolute atomic E-state index is 12.6. The van der Waals surface area contributed by atoms with Crippen molar-refractivity contribution in [3.8, 4) is 0 Å². The molecule has 0 atom stereocenters. The molecule has 0 unspecified atom stereocenters. The molecule has 1 aliphatic rings. The van der Waals surface area contributed by atoms with E-state index in [1.807, 2.05) is 6.92 Å². The summed E-state index contributed by atoms with van der Waals surface area (Å²) in [5, 5.41) is 4.17. The van der Waals surface area contributed by atoms with Crippen molar-refractivity contribution in [2.24, 2.45) is 0 Å². The molecule has 1 aromatic rings. The van der Waals surface area contributed by atoms with Crippen molar-refractivity contribution in [2.45, 2.75) is 45.5 Å². The molecule has 1 saturated carbocycles. The minimum Gasteiger partial charge on any atom is -0.394 e. The van der Waals surface area contributed by atoms with Crippen LogP contribution in [0.2, 0.25) is 0 Å². The summed E-state index contributed by atoms with van der Waals surface area (Å²) in [6, 6.07) is -0.0599. The van der Waals surface area contributed by atoms with Gasteiger partial charge in [0.1, 0.15) is 6.54 Å². The van der Waals surface area contributed by atoms with E-state index in [4.69, 9.17) is 5.73 Å². The Labute approximate surface area is 104 Å². The lowest BCUT2D eigenvalue weighted by Gasteiger charge is -2.26. The zero-order valence-corrected chi connectivity index (χ0v) is 10.5. The molecule has 4 nitrogen and oxygen atoms in total. The van der Waals surface area contributed by atoms with Crippen LogP contribution in [0.15, 0.2) is 0 Å². The van der Waals surface area contributed by atoms with Crippen LogP contribution >= 0.6 is 0 Å². The summed E-state index contributed by atoms with van der Waals surface area (Å²) in [4.78, 5) is 1.35. The molecule has 102 valence electrons. The number of nitrogens with two attached hydrogens (primary N) is 1. The van der Waals surface area contributed by atoms with Crippen molar-refractivity contribution in [2.75, 3.05) is 17.2 Å². The number of anilines is 2. The Morgan fingerprint density at radius 1 is 1.44 bits per heavy atom. The summed E-state index contributed by atoms with van der Waals surface area (Å²) in [5.74, 6) is 0.412. The summed E-state index contributed by atoms with van der Waals surface area (Å²) in [6.45, 7) is 3.10. The van der Waals surface area contributed by atoms with Gasteiger partial charge in [0.15, 0.2) is 5.82 Å². The van der Waals surface area contributed by atoms with Gasteiger partial charge in [-0.25, -0.2) is 4.68 Å². The predicted octanol–water partition coefficient (Wildman–Crippen LogP) is 2.32. The summed E-state index contributed by atoms with van der Waals surface area (Å²) >= 11 is 0. The van der Waals surface area contributed by atoms with Crippen LogP contribution in [0.5, 0.6) is 0 Å². The molecule has 18 heavy (non-hydrogen) atoms. The van der Waals surface area contributed by atoms with Crippen LogP contribution in [0.4, 0.5) is 24.7 Å². The molecule has 1 heterocycles. The molecular weight excluding hydrogens is 245 g/mol. The summed E-state index contributed by atoms with van der Waals surface area (Å²) in [5.41, 5.74) is 6.81. The zero-order chi connectivity index (χ0) is 13.5. The maximum atomic E-state index is 12.6. The van der Waals surface area contributed by atoms with E-state index < -0.39 is 12.7 Å². The highest BCUT2D eigenvalue weighted by molar-refractivity contribution is 5.67. The van der Waals surface area contributed by atoms with Crippen LogP contribution in [0.1, 0.15) is 25.5 Å². The van der Waals surface area contributed by atoms with Gasteiger partial charge < -0.3 is 10.6 Å². The Morgan fingerprint density at radius 2 is 2.06 bits per heavy atom. The largest absolute Gasteiger partial charge is 0.405 e. The fourth-order valence-corrected chi connectivity index (χ4v) is 2.06. The molecule has 1 fully saturated rings. The highest BCUT2D eigenvalue weighted by atomic mass is 19.4. The van der Waals surface area contributed by atoms with E-state index in [0.717, 1.165) is 12.8 Å². The summed E-state index contributed by atoms with van der Waals surface area (Å²) < 4.78 is 39.5. The molecule has 2 N–H and O–H groups in total. The Hall–Kier alpha value is -1.40. The maximum Gasteiger partial charge on any atom is 0.405 e. The number of nitrogen functional groups attached to an aromatic ring is 1. The first kappa shape index (κ1) is 13.0. The molecule has 1 aliphatic carbocycles. The van der Waals surface area contributed by atoms with E-state index in [2.05, 4.69) is 5.10 Å². The Kier molecular flexibility index (Phi) is 3.16. The number of hydrogen-bond donors (Lipinski definition) is 1. The number of rotatable bonds is 4. The number of aromatic nitrogens is 2. The van der Waals surface area contributed by atoms with E-state index in [-0.39, 0.29) is 6.04 Å². The van der Waals surface area contributed by atoms with Crippen molar-refractivity contribution in [3.63, 3.8) is 0 Å². The third-order valence-corrected chi connectivity index (χ3v) is 3.05. The third-order valence-electron chi connectivity index (χ3n) is 3.05. The quantitative estimate of drug-likeness (QED) is 0.905. The van der Waals surface area contributed by atoms with Crippen molar-refractivity contribution in [3.05, 3.63) is 5.69 Å². The van der Waals surface area contributed by atoms with Crippen molar-refractivity contribution < 1.29 is 13.2 Å². The van der Waals surface area contributed by atoms with Gasteiger partial charge in [-0.3, -0.25) is 0 Å². The van der Waals surface area contributed by atoms with Gasteiger partial charge in [-0.05, 0) is 26.7 Å². The Morgan fingerprint density at radius 3 is 2.50 bits per heavy atom. The SMILES string of the molecule is CCn1nc(C)c(N)c1N(CC(F)(F)F)C1CC1. The minimum absolute atomic E-state index is 0.0599. The van der Waals surface area contributed by atoms with Crippen LogP contribution in [0, 0.1) is 6.92 Å². The standard InChI is InChI=1S/C11H17F3N4/c1-3-18-10(9(15)7(2)16-18)17(8-4-5-8)6-11(12,13)14/h8H,3-6,15H2,1-2H3. The number of alkyl halides is 3. The number of halogens is 3. The molecular formula is C11H17F3N4. The van der Waals surface area contributed by atoms with Crippen molar-refractivity contribution >= 4 is 11.5 Å². The van der Waals surface area contributed by atoms with Crippen LogP contribution in [0.25, 0.3) is 0 Å². The second kappa shape index (κ2) is 4.37. The minimum atomic E-state index is -4.23. The first-order valence-corrected chi connectivity index (χ1v) is 5.99. The second-order valence-corrected chi connectivity index (χ2v) is 4.61. The van der Waals surface area contributed by atoms with E-state index >= 15 is 0 Å². The van der Waals surface area contributed by atoms with Gasteiger partial charge in [0, 0.05) is 12.6 Å². The van der Waals surface area contributed by atoms with Gasteiger partial charge in [0.2, 0.25) is 0 Å². The van der Waals surface area contributed by atoms with E-state index in [1.165, 1.54) is 4.90 Å². The fraction of sp³-hybridized carbons (Fsp3) is 0.727. The molecule has 7 heteroatoms. The fourth-order valence-electron chi connectivity index (χ4n) is 2.06. The van der Waals surface area contributed by atoms with Crippen LogP contribution in [-0.2, 0) is 6.54 Å². The zero-order valence-electron chi connectivity index (χ0n) is 10.5. The average molecular weight is 262 g/mol. The first-order chi connectivity index (χ1) is 8.33. The number of hydrogen-bond acceptors (Lipinski definition) is 3. The topological polar surface area (TPSA) is 47.1 Å². The van der Waals surface area contributed by atoms with E-state index in [0.29, 0.717) is 23.7 Å². The lowest BCUT2D eigenvalue weighted by Crippen LogP contribution is -2.37. The Balaban J connectivity index is 2.36. The van der Waals surface area contributed by atoms with Gasteiger partial charge >= 0.3 is 6.18 Å². The highest BCUT2D eigenvalue weighted by Gasteiger charge is 2.40. The van der Waals surface area contributed by atoms with Gasteiger partial charge in [-0.15, -0.1) is 0 Å². The first-order valence-electron chi connectivity index (χ1n) is 5.99. The van der Waals surface area contributed by atoms with Gasteiger partial charge in [0.05, 0.1) is 11.4 Å². The Bertz CT molecular complexity index is 434. The average Bonchev–Trinajstić information content (AvgIpc) is 3.04. The second-order valence-electron chi connectivity index (χ2n) is 4.61. The van der Waals surface area contributed by atoms with Crippen LogP contribution in [-0.4, -0.2) is 28.5 Å². The highest BCUT2D eigenvalue weighted by Crippen LogP contribution is 2.38. The van der Waals surface area contributed by atoms with Gasteiger partial charge in [-0.1, -0.05) is 0 Å². The van der Waals surface area contributed by atoms with Crippen molar-refractivity contribution in [1.82, 2.24) is 9.78 Å². The molecule has 0 spiro atoms. The van der Waals surface area contributed by atoms with Crippen molar-refractivity contribution in [1.29, 1.82) is 0 Å². The molecule has 0 bridgehead atoms. The lowest BCUT2D eigenvalue weighted by atomic mass is 10.3. The summed E-state index contributed by atoms with van der Waals surface area (Å²) in [7, 11) is 0. The molecule has 0 saturated heterocycles. The van der Waals surface area contributed by atoms with Gasteiger partial charge in [0.25, 0.3) is 0 Å². The lowest BCUT2D eigenvalue weighted by molar-refractivity contribution is -0.120. The van der Waals surface area contributed by atoms with E-state index in [1.54, 1.807) is 11.6 Å². The molecule has 0 aromatic carbocycles. The predicted molar refractivity (Wildman–Crippen MR) is 63.5 cm³/mol. The van der Waals surface area contributed by atoms with Crippen LogP contribution < -0.4 is 10.6 Å². The molecule has 0 aliphatic heterocycles. The monoisotopic (exact) mass is 262 g/mol. The third kappa shape index (κ3) is 2.54. The smallest absolute Gasteiger partial charge is 0.394 e. The molecule has 0 radical (unpaired) electrons. The molecule has 2 rings (SSSR count).